The van der Waals surface area contributed by atoms with Gasteiger partial charge in [-0.25, -0.2) is 4.79 Å². The zero-order valence-corrected chi connectivity index (χ0v) is 21.1. The second-order valence-corrected chi connectivity index (χ2v) is 9.18. The number of aliphatic hydroxyl groups excluding tert-OH is 1. The molecule has 0 aromatic carbocycles. The predicted octanol–water partition coefficient (Wildman–Crippen LogP) is 8.68. The Bertz CT molecular complexity index is 392. The highest BCUT2D eigenvalue weighted by atomic mass is 16.5. The fourth-order valence-electron chi connectivity index (χ4n) is 3.82. The van der Waals surface area contributed by atoms with Crippen LogP contribution in [0.5, 0.6) is 0 Å². The lowest BCUT2D eigenvalue weighted by Gasteiger charge is -2.10. The van der Waals surface area contributed by atoms with Crippen molar-refractivity contribution in [3.05, 3.63) is 12.2 Å². The SMILES string of the molecule is CCCCCCCCCCCCCCC=CCCCCCCC(O)C(=O)OCCCC. The van der Waals surface area contributed by atoms with Gasteiger partial charge in [-0.3, -0.25) is 0 Å². The highest BCUT2D eigenvalue weighted by Crippen LogP contribution is 2.13. The molecule has 0 saturated carbocycles. The largest absolute Gasteiger partial charge is 0.464 e. The molecule has 0 rings (SSSR count). The molecule has 3 heteroatoms. The average Bonchev–Trinajstić information content (AvgIpc) is 2.77. The maximum Gasteiger partial charge on any atom is 0.334 e. The van der Waals surface area contributed by atoms with E-state index in [-0.39, 0.29) is 0 Å². The first-order valence-corrected chi connectivity index (χ1v) is 13.7. The first-order valence-electron chi connectivity index (χ1n) is 13.7. The third-order valence-corrected chi connectivity index (χ3v) is 6.00. The van der Waals surface area contributed by atoms with Crippen molar-refractivity contribution in [2.75, 3.05) is 6.61 Å². The van der Waals surface area contributed by atoms with E-state index in [0.29, 0.717) is 13.0 Å². The zero-order valence-electron chi connectivity index (χ0n) is 21.1. The van der Waals surface area contributed by atoms with Crippen LogP contribution in [0, 0.1) is 0 Å². The molecule has 31 heavy (non-hydrogen) atoms. The summed E-state index contributed by atoms with van der Waals surface area (Å²) in [7, 11) is 0. The van der Waals surface area contributed by atoms with Crippen LogP contribution in [-0.4, -0.2) is 23.8 Å². The van der Waals surface area contributed by atoms with Crippen LogP contribution >= 0.6 is 0 Å². The van der Waals surface area contributed by atoms with Gasteiger partial charge in [-0.2, -0.15) is 0 Å². The van der Waals surface area contributed by atoms with Crippen molar-refractivity contribution in [3.63, 3.8) is 0 Å². The molecule has 0 aliphatic heterocycles. The molecule has 1 N–H and O–H groups in total. The van der Waals surface area contributed by atoms with Gasteiger partial charge in [0, 0.05) is 0 Å². The third-order valence-electron chi connectivity index (χ3n) is 6.00. The number of esters is 1. The van der Waals surface area contributed by atoms with Crippen molar-refractivity contribution in [2.45, 2.75) is 155 Å². The Morgan fingerprint density at radius 3 is 1.55 bits per heavy atom. The zero-order chi connectivity index (χ0) is 22.8. The molecule has 0 fully saturated rings. The number of rotatable bonds is 24. The van der Waals surface area contributed by atoms with Gasteiger partial charge in [0.1, 0.15) is 0 Å². The van der Waals surface area contributed by atoms with Gasteiger partial charge in [0.25, 0.3) is 0 Å². The lowest BCUT2D eigenvalue weighted by atomic mass is 10.0. The second-order valence-electron chi connectivity index (χ2n) is 9.18. The quantitative estimate of drug-likeness (QED) is 0.0931. The van der Waals surface area contributed by atoms with E-state index in [0.717, 1.165) is 32.1 Å². The van der Waals surface area contributed by atoms with E-state index >= 15 is 0 Å². The Morgan fingerprint density at radius 2 is 1.06 bits per heavy atom. The van der Waals surface area contributed by atoms with Crippen molar-refractivity contribution >= 4 is 5.97 Å². The maximum atomic E-state index is 11.6. The monoisotopic (exact) mass is 438 g/mol. The van der Waals surface area contributed by atoms with Crippen LogP contribution in [0.1, 0.15) is 149 Å². The summed E-state index contributed by atoms with van der Waals surface area (Å²) in [5.41, 5.74) is 0. The third kappa shape index (κ3) is 23.7. The fraction of sp³-hybridized carbons (Fsp3) is 0.893. The van der Waals surface area contributed by atoms with Crippen LogP contribution in [0.2, 0.25) is 0 Å². The number of hydrogen-bond donors (Lipinski definition) is 1. The summed E-state index contributed by atoms with van der Waals surface area (Å²) in [6, 6.07) is 0. The average molecular weight is 439 g/mol. The summed E-state index contributed by atoms with van der Waals surface area (Å²) in [6.45, 7) is 4.77. The standard InChI is InChI=1S/C28H54O3/c1-3-5-7-8-9-10-11-12-13-14-15-16-17-18-19-20-21-22-23-24-25-27(29)28(30)31-26-6-4-2/h18-19,27,29H,3-17,20-26H2,1-2H3. The highest BCUT2D eigenvalue weighted by molar-refractivity contribution is 5.74. The molecule has 0 aromatic rings. The van der Waals surface area contributed by atoms with Crippen LogP contribution in [0.4, 0.5) is 0 Å². The summed E-state index contributed by atoms with van der Waals surface area (Å²) < 4.78 is 5.04. The van der Waals surface area contributed by atoms with E-state index in [4.69, 9.17) is 4.74 Å². The summed E-state index contributed by atoms with van der Waals surface area (Å²) in [5.74, 6) is -0.450. The van der Waals surface area contributed by atoms with Crippen molar-refractivity contribution in [2.24, 2.45) is 0 Å². The van der Waals surface area contributed by atoms with Crippen molar-refractivity contribution < 1.29 is 14.6 Å². The minimum Gasteiger partial charge on any atom is -0.464 e. The molecule has 0 amide bonds. The number of hydrogen-bond acceptors (Lipinski definition) is 3. The Morgan fingerprint density at radius 1 is 0.645 bits per heavy atom. The van der Waals surface area contributed by atoms with E-state index in [1.807, 2.05) is 0 Å². The number of allylic oxidation sites excluding steroid dienone is 2. The molecule has 3 nitrogen and oxygen atoms in total. The molecule has 1 atom stereocenters. The Balaban J connectivity index is 3.25. The van der Waals surface area contributed by atoms with E-state index < -0.39 is 12.1 Å². The molecule has 0 saturated heterocycles. The van der Waals surface area contributed by atoms with Crippen LogP contribution in [0.3, 0.4) is 0 Å². The molecular formula is C28H54O3. The van der Waals surface area contributed by atoms with Gasteiger partial charge in [-0.1, -0.05) is 122 Å². The summed E-state index contributed by atoms with van der Waals surface area (Å²) in [4.78, 5) is 11.6. The topological polar surface area (TPSA) is 46.5 Å². The van der Waals surface area contributed by atoms with Gasteiger partial charge in [0.05, 0.1) is 6.61 Å². The predicted molar refractivity (Wildman–Crippen MR) is 134 cm³/mol. The molecule has 184 valence electrons. The van der Waals surface area contributed by atoms with Gasteiger partial charge in [-0.15, -0.1) is 0 Å². The smallest absolute Gasteiger partial charge is 0.334 e. The Labute approximate surface area is 194 Å². The lowest BCUT2D eigenvalue weighted by molar-refractivity contribution is -0.154. The van der Waals surface area contributed by atoms with Crippen LogP contribution in [0.15, 0.2) is 12.2 Å². The van der Waals surface area contributed by atoms with E-state index in [1.165, 1.54) is 96.3 Å². The van der Waals surface area contributed by atoms with Crippen molar-refractivity contribution in [1.82, 2.24) is 0 Å². The molecule has 0 bridgehead atoms. The van der Waals surface area contributed by atoms with E-state index in [1.54, 1.807) is 0 Å². The van der Waals surface area contributed by atoms with Gasteiger partial charge < -0.3 is 9.84 Å². The van der Waals surface area contributed by atoms with Gasteiger partial charge in [0.2, 0.25) is 0 Å². The first kappa shape index (κ1) is 30.2. The molecule has 0 aromatic heterocycles. The number of carbonyl (C=O) groups is 1. The number of carbonyl (C=O) groups excluding carboxylic acids is 1. The summed E-state index contributed by atoms with van der Waals surface area (Å²) >= 11 is 0. The minimum atomic E-state index is -0.938. The van der Waals surface area contributed by atoms with Crippen LogP contribution in [-0.2, 0) is 9.53 Å². The number of ether oxygens (including phenoxy) is 1. The maximum absolute atomic E-state index is 11.6. The fourth-order valence-corrected chi connectivity index (χ4v) is 3.82. The Kier molecular flexibility index (Phi) is 24.7. The van der Waals surface area contributed by atoms with Crippen LogP contribution < -0.4 is 0 Å². The Hall–Kier alpha value is -0.830. The van der Waals surface area contributed by atoms with Gasteiger partial charge >= 0.3 is 5.97 Å². The molecule has 0 heterocycles. The first-order chi connectivity index (χ1) is 15.2. The lowest BCUT2D eigenvalue weighted by Crippen LogP contribution is -2.23. The van der Waals surface area contributed by atoms with Crippen molar-refractivity contribution in [1.29, 1.82) is 0 Å². The highest BCUT2D eigenvalue weighted by Gasteiger charge is 2.15. The minimum absolute atomic E-state index is 0.429. The van der Waals surface area contributed by atoms with Gasteiger partial charge in [-0.05, 0) is 38.5 Å². The molecule has 0 aliphatic carbocycles. The normalized spacial score (nSPS) is 12.5. The molecule has 0 radical (unpaired) electrons. The summed E-state index contributed by atoms with van der Waals surface area (Å²) in [6.07, 6.45) is 29.8. The number of unbranched alkanes of at least 4 members (excludes halogenated alkanes) is 17. The second kappa shape index (κ2) is 25.4. The molecule has 0 aliphatic rings. The van der Waals surface area contributed by atoms with Crippen molar-refractivity contribution in [3.8, 4) is 0 Å². The van der Waals surface area contributed by atoms with Gasteiger partial charge in [0.15, 0.2) is 6.10 Å². The van der Waals surface area contributed by atoms with E-state index in [9.17, 15) is 9.90 Å². The summed E-state index contributed by atoms with van der Waals surface area (Å²) in [5, 5.41) is 9.78. The van der Waals surface area contributed by atoms with Crippen LogP contribution in [0.25, 0.3) is 0 Å². The molecule has 0 spiro atoms. The number of aliphatic hydroxyl groups is 1. The van der Waals surface area contributed by atoms with E-state index in [2.05, 4.69) is 26.0 Å². The molecule has 1 unspecified atom stereocenters. The molecular weight excluding hydrogens is 384 g/mol.